The van der Waals surface area contributed by atoms with Gasteiger partial charge in [-0.25, -0.2) is 0 Å². The molecule has 0 aliphatic heterocycles. The maximum atomic E-state index is 11.8. The van der Waals surface area contributed by atoms with Crippen LogP contribution in [0.2, 0.25) is 0 Å². The number of rotatable bonds is 9. The number of hydrogen-bond acceptors (Lipinski definition) is 3. The van der Waals surface area contributed by atoms with Crippen molar-refractivity contribution in [3.05, 3.63) is 0 Å². The molecule has 0 atom stereocenters. The molecule has 0 fully saturated rings. The SMILES string of the molecule is CCCCN(C)C(=O)CCN(CCOC)C(C)=O. The standard InChI is InChI=1S/C13H26N2O3/c1-5-6-8-14(3)13(17)7-9-15(12(2)16)10-11-18-4/h5-11H2,1-4H3. The van der Waals surface area contributed by atoms with Crippen LogP contribution in [0.1, 0.15) is 33.1 Å². The molecule has 0 aliphatic rings. The van der Waals surface area contributed by atoms with Gasteiger partial charge in [-0.1, -0.05) is 13.3 Å². The normalized spacial score (nSPS) is 10.2. The lowest BCUT2D eigenvalue weighted by Gasteiger charge is -2.22. The van der Waals surface area contributed by atoms with Crippen LogP contribution in [-0.4, -0.2) is 62.0 Å². The Morgan fingerprint density at radius 3 is 2.33 bits per heavy atom. The minimum absolute atomic E-state index is 0.0175. The van der Waals surface area contributed by atoms with Gasteiger partial charge in [-0.3, -0.25) is 9.59 Å². The molecule has 0 rings (SSSR count). The molecule has 5 heteroatoms. The summed E-state index contributed by atoms with van der Waals surface area (Å²) in [5.41, 5.74) is 0. The van der Waals surface area contributed by atoms with Crippen LogP contribution in [0.4, 0.5) is 0 Å². The molecule has 0 bridgehead atoms. The van der Waals surface area contributed by atoms with Crippen LogP contribution in [0.3, 0.4) is 0 Å². The number of nitrogens with zero attached hydrogens (tertiary/aromatic N) is 2. The van der Waals surface area contributed by atoms with Crippen molar-refractivity contribution < 1.29 is 14.3 Å². The quantitative estimate of drug-likeness (QED) is 0.623. The first kappa shape index (κ1) is 16.9. The van der Waals surface area contributed by atoms with Gasteiger partial charge in [0.2, 0.25) is 11.8 Å². The summed E-state index contributed by atoms with van der Waals surface area (Å²) in [5.74, 6) is 0.0724. The predicted molar refractivity (Wildman–Crippen MR) is 71.3 cm³/mol. The highest BCUT2D eigenvalue weighted by Crippen LogP contribution is 1.99. The molecule has 5 nitrogen and oxygen atoms in total. The van der Waals surface area contributed by atoms with Crippen molar-refractivity contribution in [2.24, 2.45) is 0 Å². The number of carbonyl (C=O) groups is 2. The number of hydrogen-bond donors (Lipinski definition) is 0. The van der Waals surface area contributed by atoms with Gasteiger partial charge in [-0.15, -0.1) is 0 Å². The van der Waals surface area contributed by atoms with E-state index >= 15 is 0 Å². The lowest BCUT2D eigenvalue weighted by atomic mass is 10.3. The summed E-state index contributed by atoms with van der Waals surface area (Å²) in [7, 11) is 3.41. The van der Waals surface area contributed by atoms with E-state index in [1.54, 1.807) is 16.9 Å². The van der Waals surface area contributed by atoms with Crippen molar-refractivity contribution in [3.63, 3.8) is 0 Å². The van der Waals surface area contributed by atoms with Crippen molar-refractivity contribution in [2.45, 2.75) is 33.1 Å². The van der Waals surface area contributed by atoms with E-state index in [-0.39, 0.29) is 11.8 Å². The zero-order valence-electron chi connectivity index (χ0n) is 12.1. The van der Waals surface area contributed by atoms with Gasteiger partial charge < -0.3 is 14.5 Å². The van der Waals surface area contributed by atoms with Gasteiger partial charge in [0.1, 0.15) is 0 Å². The van der Waals surface area contributed by atoms with Gasteiger partial charge in [0.05, 0.1) is 6.61 Å². The maximum absolute atomic E-state index is 11.8. The Morgan fingerprint density at radius 1 is 1.17 bits per heavy atom. The summed E-state index contributed by atoms with van der Waals surface area (Å²) in [4.78, 5) is 26.5. The molecule has 0 aliphatic carbocycles. The second-order valence-corrected chi connectivity index (χ2v) is 4.42. The molecule has 0 aromatic carbocycles. The first-order chi connectivity index (χ1) is 8.52. The van der Waals surface area contributed by atoms with Crippen molar-refractivity contribution in [1.82, 2.24) is 9.80 Å². The minimum Gasteiger partial charge on any atom is -0.383 e. The molecule has 0 N–H and O–H groups in total. The average molecular weight is 258 g/mol. The fraction of sp³-hybridized carbons (Fsp3) is 0.846. The van der Waals surface area contributed by atoms with Crippen molar-refractivity contribution in [3.8, 4) is 0 Å². The number of methoxy groups -OCH3 is 1. The number of carbonyl (C=O) groups excluding carboxylic acids is 2. The third-order valence-electron chi connectivity index (χ3n) is 2.88. The van der Waals surface area contributed by atoms with Crippen LogP contribution in [0.5, 0.6) is 0 Å². The highest BCUT2D eigenvalue weighted by Gasteiger charge is 2.13. The van der Waals surface area contributed by atoms with Crippen molar-refractivity contribution in [2.75, 3.05) is 40.4 Å². The van der Waals surface area contributed by atoms with Crippen LogP contribution in [0.25, 0.3) is 0 Å². The summed E-state index contributed by atoms with van der Waals surface area (Å²) < 4.78 is 4.94. The monoisotopic (exact) mass is 258 g/mol. The first-order valence-electron chi connectivity index (χ1n) is 6.51. The lowest BCUT2D eigenvalue weighted by molar-refractivity contribution is -0.133. The number of ether oxygens (including phenoxy) is 1. The van der Waals surface area contributed by atoms with Gasteiger partial charge in [-0.05, 0) is 6.42 Å². The molecule has 0 radical (unpaired) electrons. The van der Waals surface area contributed by atoms with Crippen LogP contribution >= 0.6 is 0 Å². The smallest absolute Gasteiger partial charge is 0.224 e. The van der Waals surface area contributed by atoms with E-state index < -0.39 is 0 Å². The Balaban J connectivity index is 4.01. The van der Waals surface area contributed by atoms with Gasteiger partial charge >= 0.3 is 0 Å². The molecule has 0 saturated heterocycles. The van der Waals surface area contributed by atoms with Crippen molar-refractivity contribution in [1.29, 1.82) is 0 Å². The van der Waals surface area contributed by atoms with E-state index in [1.807, 2.05) is 7.05 Å². The van der Waals surface area contributed by atoms with E-state index in [2.05, 4.69) is 6.92 Å². The zero-order valence-corrected chi connectivity index (χ0v) is 12.1. The van der Waals surface area contributed by atoms with E-state index in [0.29, 0.717) is 26.1 Å². The van der Waals surface area contributed by atoms with E-state index in [0.717, 1.165) is 19.4 Å². The van der Waals surface area contributed by atoms with Crippen LogP contribution in [0.15, 0.2) is 0 Å². The molecule has 0 aromatic heterocycles. The fourth-order valence-electron chi connectivity index (χ4n) is 1.57. The molecule has 0 aromatic rings. The lowest BCUT2D eigenvalue weighted by Crippen LogP contribution is -2.36. The van der Waals surface area contributed by atoms with Gasteiger partial charge in [-0.2, -0.15) is 0 Å². The third-order valence-corrected chi connectivity index (χ3v) is 2.88. The van der Waals surface area contributed by atoms with E-state index in [9.17, 15) is 9.59 Å². The highest BCUT2D eigenvalue weighted by molar-refractivity contribution is 5.77. The molecule has 0 spiro atoms. The van der Waals surface area contributed by atoms with Crippen LogP contribution < -0.4 is 0 Å². The molecule has 0 unspecified atom stereocenters. The number of unbranched alkanes of at least 4 members (excludes halogenated alkanes) is 1. The Morgan fingerprint density at radius 2 is 1.83 bits per heavy atom. The van der Waals surface area contributed by atoms with E-state index in [1.165, 1.54) is 6.92 Å². The number of amides is 2. The second-order valence-electron chi connectivity index (χ2n) is 4.42. The van der Waals surface area contributed by atoms with Crippen molar-refractivity contribution >= 4 is 11.8 Å². The van der Waals surface area contributed by atoms with Crippen LogP contribution in [0, 0.1) is 0 Å². The summed E-state index contributed by atoms with van der Waals surface area (Å²) in [6.45, 7) is 5.90. The Labute approximate surface area is 110 Å². The largest absolute Gasteiger partial charge is 0.383 e. The molecule has 18 heavy (non-hydrogen) atoms. The minimum atomic E-state index is -0.0175. The summed E-state index contributed by atoms with van der Waals surface area (Å²) >= 11 is 0. The Bertz CT molecular complexity index is 257. The molecule has 0 saturated carbocycles. The summed E-state index contributed by atoms with van der Waals surface area (Å²) in [5, 5.41) is 0. The Hall–Kier alpha value is -1.10. The first-order valence-corrected chi connectivity index (χ1v) is 6.51. The summed E-state index contributed by atoms with van der Waals surface area (Å²) in [6, 6.07) is 0. The topological polar surface area (TPSA) is 49.9 Å². The fourth-order valence-corrected chi connectivity index (χ4v) is 1.57. The maximum Gasteiger partial charge on any atom is 0.224 e. The molecular weight excluding hydrogens is 232 g/mol. The van der Waals surface area contributed by atoms with E-state index in [4.69, 9.17) is 4.74 Å². The van der Waals surface area contributed by atoms with Gasteiger partial charge in [0.25, 0.3) is 0 Å². The zero-order chi connectivity index (χ0) is 14.0. The van der Waals surface area contributed by atoms with Gasteiger partial charge in [0, 0.05) is 47.1 Å². The molecule has 2 amide bonds. The average Bonchev–Trinajstić information content (AvgIpc) is 2.35. The second kappa shape index (κ2) is 9.88. The molecular formula is C13H26N2O3. The van der Waals surface area contributed by atoms with Gasteiger partial charge in [0.15, 0.2) is 0 Å². The van der Waals surface area contributed by atoms with Crippen LogP contribution in [-0.2, 0) is 14.3 Å². The predicted octanol–water partition coefficient (Wildman–Crippen LogP) is 1.13. The molecule has 0 heterocycles. The Kier molecular flexibility index (Phi) is 9.28. The molecule has 106 valence electrons. The third kappa shape index (κ3) is 7.27. The summed E-state index contributed by atoms with van der Waals surface area (Å²) in [6.07, 6.45) is 2.47. The highest BCUT2D eigenvalue weighted by atomic mass is 16.5.